The first-order valence-corrected chi connectivity index (χ1v) is 23.5. The molecular weight excluding hydrogens is 631 g/mol. The number of unbranched alkanes of at least 4 members (excludes halogenated alkanes) is 22. The Morgan fingerprint density at radius 3 is 0.918 bits per heavy atom. The summed E-state index contributed by atoms with van der Waals surface area (Å²) in [5.74, 6) is 0. The van der Waals surface area contributed by atoms with Gasteiger partial charge >= 0.3 is 8.80 Å². The van der Waals surface area contributed by atoms with Gasteiger partial charge in [-0.15, -0.1) is 0 Å². The highest BCUT2D eigenvalue weighted by Crippen LogP contribution is 2.23. The normalized spacial score (nSPS) is 13.3. The molecule has 8 heteroatoms. The Morgan fingerprint density at radius 1 is 0.367 bits per heavy atom. The predicted molar refractivity (Wildman–Crippen MR) is 211 cm³/mol. The Hall–Kier alpha value is -0.0631. The van der Waals surface area contributed by atoms with E-state index in [2.05, 4.69) is 20.9 Å². The van der Waals surface area contributed by atoms with Crippen LogP contribution in [0.2, 0.25) is 6.04 Å². The van der Waals surface area contributed by atoms with Gasteiger partial charge in [-0.2, -0.15) is 0 Å². The molecule has 0 spiro atoms. The molecule has 0 aromatic rings. The first kappa shape index (κ1) is 48.9. The highest BCUT2D eigenvalue weighted by atomic mass is 28.4. The van der Waals surface area contributed by atoms with Crippen LogP contribution in [-0.2, 0) is 13.3 Å². The third kappa shape index (κ3) is 32.3. The molecule has 0 heterocycles. The summed E-state index contributed by atoms with van der Waals surface area (Å²) >= 11 is 0. The summed E-state index contributed by atoms with van der Waals surface area (Å²) < 4.78 is 20.0. The van der Waals surface area contributed by atoms with Crippen LogP contribution in [0.1, 0.15) is 194 Å². The van der Waals surface area contributed by atoms with E-state index in [1.165, 1.54) is 167 Å². The molecule has 0 aliphatic heterocycles. The molecule has 49 heavy (non-hydrogen) atoms. The zero-order valence-corrected chi connectivity index (χ0v) is 34.4. The fourth-order valence-corrected chi connectivity index (χ4v) is 9.54. The lowest BCUT2D eigenvalue weighted by molar-refractivity contribution is -0.910. The van der Waals surface area contributed by atoms with Crippen molar-refractivity contribution < 1.29 is 33.1 Å². The van der Waals surface area contributed by atoms with Crippen LogP contribution >= 0.6 is 0 Å². The van der Waals surface area contributed by atoms with Gasteiger partial charge in [-0.3, -0.25) is 0 Å². The second-order valence-electron chi connectivity index (χ2n) is 15.1. The first-order chi connectivity index (χ1) is 24.0. The standard InChI is InChI=1S/C41H88NO6Si/c1-4-6-8-10-12-14-15-16-17-18-19-20-21-23-25-27-33-42(3,32-26-24-22-13-11-9-7-5-2)34-28-41-49(46-38-29-35-43,47-39-30-36-44)48-40-31-37-45/h43-45H,4-41H2,1-3H3/q+1. The van der Waals surface area contributed by atoms with E-state index in [0.29, 0.717) is 39.1 Å². The van der Waals surface area contributed by atoms with Crippen molar-refractivity contribution in [2.24, 2.45) is 0 Å². The lowest BCUT2D eigenvalue weighted by Gasteiger charge is -2.36. The molecule has 0 aliphatic carbocycles. The van der Waals surface area contributed by atoms with E-state index in [-0.39, 0.29) is 19.8 Å². The van der Waals surface area contributed by atoms with Crippen LogP contribution in [-0.4, -0.2) is 94.9 Å². The topological polar surface area (TPSA) is 88.4 Å². The highest BCUT2D eigenvalue weighted by Gasteiger charge is 2.41. The quantitative estimate of drug-likeness (QED) is 0.0331. The molecule has 1 unspecified atom stereocenters. The van der Waals surface area contributed by atoms with Crippen molar-refractivity contribution in [3.63, 3.8) is 0 Å². The van der Waals surface area contributed by atoms with Gasteiger partial charge in [0.1, 0.15) is 0 Å². The molecule has 0 saturated heterocycles. The highest BCUT2D eigenvalue weighted by molar-refractivity contribution is 6.60. The second-order valence-corrected chi connectivity index (χ2v) is 17.9. The van der Waals surface area contributed by atoms with Crippen LogP contribution in [0, 0.1) is 0 Å². The van der Waals surface area contributed by atoms with Gasteiger partial charge in [-0.1, -0.05) is 142 Å². The zero-order chi connectivity index (χ0) is 36.0. The van der Waals surface area contributed by atoms with Gasteiger partial charge in [0.2, 0.25) is 0 Å². The maximum atomic E-state index is 9.37. The van der Waals surface area contributed by atoms with Crippen LogP contribution in [0.15, 0.2) is 0 Å². The molecule has 0 rings (SSSR count). The number of quaternary nitrogens is 1. The summed E-state index contributed by atoms with van der Waals surface area (Å²) in [6.45, 7) is 9.56. The molecule has 7 nitrogen and oxygen atoms in total. The van der Waals surface area contributed by atoms with Gasteiger partial charge in [0.25, 0.3) is 0 Å². The zero-order valence-electron chi connectivity index (χ0n) is 33.4. The summed E-state index contributed by atoms with van der Waals surface area (Å²) in [6.07, 6.45) is 35.8. The molecule has 0 aliphatic rings. The molecular formula is C41H88NO6Si+. The Kier molecular flexibility index (Phi) is 37.6. The predicted octanol–water partition coefficient (Wildman–Crippen LogP) is 10.4. The number of rotatable bonds is 42. The maximum absolute atomic E-state index is 9.37. The lowest BCUT2D eigenvalue weighted by atomic mass is 10.0. The van der Waals surface area contributed by atoms with Crippen molar-refractivity contribution in [2.45, 2.75) is 200 Å². The molecule has 0 fully saturated rings. The fraction of sp³-hybridized carbons (Fsp3) is 1.00. The Morgan fingerprint density at radius 2 is 0.633 bits per heavy atom. The van der Waals surface area contributed by atoms with E-state index in [9.17, 15) is 15.3 Å². The van der Waals surface area contributed by atoms with Crippen molar-refractivity contribution in [3.05, 3.63) is 0 Å². The maximum Gasteiger partial charge on any atom is 0.501 e. The van der Waals surface area contributed by atoms with Gasteiger partial charge in [0.15, 0.2) is 0 Å². The van der Waals surface area contributed by atoms with Crippen LogP contribution in [0.5, 0.6) is 0 Å². The average molecular weight is 719 g/mol. The van der Waals surface area contributed by atoms with Gasteiger partial charge in [0, 0.05) is 52.1 Å². The largest absolute Gasteiger partial charge is 0.501 e. The Balaban J connectivity index is 4.76. The summed E-state index contributed by atoms with van der Waals surface area (Å²) in [4.78, 5) is 0. The molecule has 1 atom stereocenters. The Bertz CT molecular complexity index is 619. The molecule has 296 valence electrons. The van der Waals surface area contributed by atoms with Gasteiger partial charge in [0.05, 0.1) is 26.7 Å². The number of nitrogens with zero attached hydrogens (tertiary/aromatic N) is 1. The minimum atomic E-state index is -2.99. The van der Waals surface area contributed by atoms with E-state index in [4.69, 9.17) is 13.3 Å². The Labute approximate surface area is 307 Å². The SMILES string of the molecule is CCCCCCCCCCCCCCCCCC[N+](C)(CCCCCCCCCC)CCC[Si](OCCCO)(OCCCO)OCCCO. The number of hydrogen-bond acceptors (Lipinski definition) is 6. The fourth-order valence-electron chi connectivity index (χ4n) is 6.90. The first-order valence-electron chi connectivity index (χ1n) is 21.6. The number of aliphatic hydroxyl groups is 3. The number of aliphatic hydroxyl groups excluding tert-OH is 3. The van der Waals surface area contributed by atoms with E-state index < -0.39 is 8.80 Å². The summed E-state index contributed by atoms with van der Waals surface area (Å²) in [5.41, 5.74) is 0. The van der Waals surface area contributed by atoms with Gasteiger partial charge < -0.3 is 33.1 Å². The summed E-state index contributed by atoms with van der Waals surface area (Å²) in [5, 5.41) is 28.1. The van der Waals surface area contributed by atoms with Crippen molar-refractivity contribution >= 4 is 8.80 Å². The van der Waals surface area contributed by atoms with Gasteiger partial charge in [-0.05, 0) is 44.9 Å². The summed E-state index contributed by atoms with van der Waals surface area (Å²) in [6, 6.07) is 0.736. The minimum absolute atomic E-state index is 0.0740. The molecule has 0 amide bonds. The van der Waals surface area contributed by atoms with E-state index >= 15 is 0 Å². The van der Waals surface area contributed by atoms with Gasteiger partial charge in [-0.25, -0.2) is 0 Å². The van der Waals surface area contributed by atoms with E-state index in [1.807, 2.05) is 0 Å². The molecule has 0 radical (unpaired) electrons. The third-order valence-electron chi connectivity index (χ3n) is 10.2. The second kappa shape index (κ2) is 37.7. The van der Waals surface area contributed by atoms with E-state index in [1.54, 1.807) is 0 Å². The number of hydrogen-bond donors (Lipinski definition) is 3. The lowest BCUT2D eigenvalue weighted by Crippen LogP contribution is -2.50. The van der Waals surface area contributed by atoms with Crippen molar-refractivity contribution in [3.8, 4) is 0 Å². The molecule has 3 N–H and O–H groups in total. The molecule has 0 saturated carbocycles. The van der Waals surface area contributed by atoms with E-state index in [0.717, 1.165) is 23.5 Å². The smallest absolute Gasteiger partial charge is 0.396 e. The molecule has 0 aromatic heterocycles. The summed E-state index contributed by atoms with van der Waals surface area (Å²) in [7, 11) is -0.527. The van der Waals surface area contributed by atoms with Crippen LogP contribution in [0.3, 0.4) is 0 Å². The molecule has 0 bridgehead atoms. The average Bonchev–Trinajstić information content (AvgIpc) is 3.09. The van der Waals surface area contributed by atoms with Crippen molar-refractivity contribution in [1.29, 1.82) is 0 Å². The monoisotopic (exact) mass is 719 g/mol. The van der Waals surface area contributed by atoms with Crippen LogP contribution in [0.25, 0.3) is 0 Å². The van der Waals surface area contributed by atoms with Crippen LogP contribution in [0.4, 0.5) is 0 Å². The van der Waals surface area contributed by atoms with Crippen molar-refractivity contribution in [2.75, 3.05) is 66.3 Å². The minimum Gasteiger partial charge on any atom is -0.396 e. The van der Waals surface area contributed by atoms with Crippen LogP contribution < -0.4 is 0 Å². The van der Waals surface area contributed by atoms with Crippen molar-refractivity contribution in [1.82, 2.24) is 0 Å². The third-order valence-corrected chi connectivity index (χ3v) is 13.1. The molecule has 0 aromatic carbocycles.